The van der Waals surface area contributed by atoms with Gasteiger partial charge in [-0.15, -0.1) is 0 Å². The number of carbonyl (C=O) groups excluding carboxylic acids is 2. The van der Waals surface area contributed by atoms with Crippen LogP contribution in [0.2, 0.25) is 0 Å². The number of hydrogen-bond acceptors (Lipinski definition) is 3. The van der Waals surface area contributed by atoms with E-state index in [9.17, 15) is 9.59 Å². The standard InChI is InChI=1S/C22H24N2O3/c1-14-8-10-17(11-9-14)19(24-16(3)25)13-22(26)23-15(2)21-12-18-6-4-5-7-20(18)27-21/h4-12,15,19H,13H2,1-3H3,(H,23,26)(H,24,25). The van der Waals surface area contributed by atoms with Gasteiger partial charge in [-0.1, -0.05) is 48.0 Å². The van der Waals surface area contributed by atoms with Crippen molar-refractivity contribution in [1.29, 1.82) is 0 Å². The third kappa shape index (κ3) is 4.76. The van der Waals surface area contributed by atoms with Crippen LogP contribution in [-0.2, 0) is 9.59 Å². The largest absolute Gasteiger partial charge is 0.459 e. The Morgan fingerprint density at radius 2 is 1.74 bits per heavy atom. The Balaban J connectivity index is 1.69. The van der Waals surface area contributed by atoms with E-state index in [2.05, 4.69) is 10.6 Å². The van der Waals surface area contributed by atoms with Gasteiger partial charge in [0.1, 0.15) is 11.3 Å². The minimum atomic E-state index is -0.369. The number of benzene rings is 2. The third-order valence-electron chi connectivity index (χ3n) is 4.50. The van der Waals surface area contributed by atoms with E-state index < -0.39 is 0 Å². The van der Waals surface area contributed by atoms with Crippen LogP contribution >= 0.6 is 0 Å². The Morgan fingerprint density at radius 1 is 1.04 bits per heavy atom. The maximum atomic E-state index is 12.6. The highest BCUT2D eigenvalue weighted by Crippen LogP contribution is 2.24. The van der Waals surface area contributed by atoms with Crippen molar-refractivity contribution in [2.24, 2.45) is 0 Å². The predicted molar refractivity (Wildman–Crippen MR) is 105 cm³/mol. The van der Waals surface area contributed by atoms with Crippen molar-refractivity contribution in [3.63, 3.8) is 0 Å². The molecule has 140 valence electrons. The molecule has 0 aliphatic heterocycles. The fourth-order valence-electron chi connectivity index (χ4n) is 3.07. The monoisotopic (exact) mass is 364 g/mol. The van der Waals surface area contributed by atoms with E-state index in [-0.39, 0.29) is 30.3 Å². The molecule has 2 atom stereocenters. The van der Waals surface area contributed by atoms with Gasteiger partial charge in [-0.2, -0.15) is 0 Å². The summed E-state index contributed by atoms with van der Waals surface area (Å²) in [4.78, 5) is 24.1. The maximum Gasteiger partial charge on any atom is 0.222 e. The molecule has 1 aromatic heterocycles. The maximum absolute atomic E-state index is 12.6. The summed E-state index contributed by atoms with van der Waals surface area (Å²) in [5.74, 6) is 0.386. The quantitative estimate of drug-likeness (QED) is 0.689. The zero-order valence-corrected chi connectivity index (χ0v) is 15.8. The fraction of sp³-hybridized carbons (Fsp3) is 0.273. The van der Waals surface area contributed by atoms with E-state index in [1.165, 1.54) is 6.92 Å². The molecule has 5 heteroatoms. The van der Waals surface area contributed by atoms with Crippen molar-refractivity contribution in [2.75, 3.05) is 0 Å². The first-order chi connectivity index (χ1) is 12.9. The number of nitrogens with one attached hydrogen (secondary N) is 2. The molecule has 1 heterocycles. The molecule has 2 amide bonds. The van der Waals surface area contributed by atoms with E-state index in [0.717, 1.165) is 22.1 Å². The first-order valence-corrected chi connectivity index (χ1v) is 9.04. The molecule has 3 aromatic rings. The molecular formula is C22H24N2O3. The van der Waals surface area contributed by atoms with Gasteiger partial charge in [0, 0.05) is 12.3 Å². The molecule has 3 rings (SSSR count). The number of fused-ring (bicyclic) bond motifs is 1. The number of rotatable bonds is 6. The molecule has 0 aliphatic carbocycles. The van der Waals surface area contributed by atoms with Crippen LogP contribution in [-0.4, -0.2) is 11.8 Å². The number of aryl methyl sites for hydroxylation is 1. The summed E-state index contributed by atoms with van der Waals surface area (Å²) in [6.45, 7) is 5.34. The topological polar surface area (TPSA) is 71.3 Å². The Labute approximate surface area is 158 Å². The summed E-state index contributed by atoms with van der Waals surface area (Å²) in [5, 5.41) is 6.82. The van der Waals surface area contributed by atoms with Gasteiger partial charge in [-0.3, -0.25) is 9.59 Å². The van der Waals surface area contributed by atoms with Crippen LogP contribution in [0.25, 0.3) is 11.0 Å². The normalized spacial score (nSPS) is 13.1. The number of amides is 2. The second-order valence-corrected chi connectivity index (χ2v) is 6.84. The predicted octanol–water partition coefficient (Wildman–Crippen LogP) is 4.19. The van der Waals surface area contributed by atoms with Gasteiger partial charge < -0.3 is 15.1 Å². The van der Waals surface area contributed by atoms with Gasteiger partial charge in [-0.05, 0) is 31.5 Å². The van der Waals surface area contributed by atoms with E-state index in [0.29, 0.717) is 5.76 Å². The van der Waals surface area contributed by atoms with E-state index in [1.54, 1.807) is 0 Å². The van der Waals surface area contributed by atoms with E-state index in [4.69, 9.17) is 4.42 Å². The molecule has 0 radical (unpaired) electrons. The second kappa shape index (κ2) is 8.08. The minimum Gasteiger partial charge on any atom is -0.459 e. The molecule has 2 aromatic carbocycles. The fourth-order valence-corrected chi connectivity index (χ4v) is 3.07. The lowest BCUT2D eigenvalue weighted by Gasteiger charge is -2.19. The summed E-state index contributed by atoms with van der Waals surface area (Å²) in [6.07, 6.45) is 0.160. The first kappa shape index (κ1) is 18.7. The highest BCUT2D eigenvalue weighted by Gasteiger charge is 2.20. The number of furan rings is 1. The van der Waals surface area contributed by atoms with Gasteiger partial charge in [0.05, 0.1) is 18.5 Å². The van der Waals surface area contributed by atoms with Crippen molar-refractivity contribution in [1.82, 2.24) is 10.6 Å². The molecule has 0 aliphatic rings. The van der Waals surface area contributed by atoms with Crippen LogP contribution in [0.5, 0.6) is 0 Å². The molecule has 27 heavy (non-hydrogen) atoms. The van der Waals surface area contributed by atoms with Gasteiger partial charge in [0.25, 0.3) is 0 Å². The van der Waals surface area contributed by atoms with Gasteiger partial charge in [0.2, 0.25) is 11.8 Å². The summed E-state index contributed by atoms with van der Waals surface area (Å²) >= 11 is 0. The number of carbonyl (C=O) groups is 2. The van der Waals surface area contributed by atoms with Crippen molar-refractivity contribution in [3.8, 4) is 0 Å². The Hall–Kier alpha value is -3.08. The van der Waals surface area contributed by atoms with Crippen molar-refractivity contribution < 1.29 is 14.0 Å². The molecule has 2 N–H and O–H groups in total. The molecule has 0 fully saturated rings. The molecule has 0 bridgehead atoms. The van der Waals surface area contributed by atoms with Crippen LogP contribution in [0, 0.1) is 6.92 Å². The minimum absolute atomic E-state index is 0.151. The molecule has 5 nitrogen and oxygen atoms in total. The lowest BCUT2D eigenvalue weighted by atomic mass is 10.0. The van der Waals surface area contributed by atoms with Crippen molar-refractivity contribution in [3.05, 3.63) is 71.5 Å². The van der Waals surface area contributed by atoms with Crippen LogP contribution in [0.3, 0.4) is 0 Å². The highest BCUT2D eigenvalue weighted by atomic mass is 16.3. The smallest absolute Gasteiger partial charge is 0.222 e. The van der Waals surface area contributed by atoms with Gasteiger partial charge in [0.15, 0.2) is 0 Å². The van der Waals surface area contributed by atoms with E-state index in [1.807, 2.05) is 68.4 Å². The van der Waals surface area contributed by atoms with Crippen molar-refractivity contribution >= 4 is 22.8 Å². The average Bonchev–Trinajstić information content (AvgIpc) is 3.05. The lowest BCUT2D eigenvalue weighted by Crippen LogP contribution is -2.33. The zero-order valence-electron chi connectivity index (χ0n) is 15.8. The number of para-hydroxylation sites is 1. The molecule has 2 unspecified atom stereocenters. The Morgan fingerprint density at radius 3 is 2.41 bits per heavy atom. The van der Waals surface area contributed by atoms with Gasteiger partial charge in [-0.25, -0.2) is 0 Å². The van der Waals surface area contributed by atoms with E-state index >= 15 is 0 Å². The first-order valence-electron chi connectivity index (χ1n) is 9.04. The molecule has 0 saturated carbocycles. The molecule has 0 spiro atoms. The third-order valence-corrected chi connectivity index (χ3v) is 4.50. The summed E-state index contributed by atoms with van der Waals surface area (Å²) in [7, 11) is 0. The highest BCUT2D eigenvalue weighted by molar-refractivity contribution is 5.80. The van der Waals surface area contributed by atoms with Crippen LogP contribution in [0.15, 0.2) is 59.0 Å². The summed E-state index contributed by atoms with van der Waals surface area (Å²) in [6, 6.07) is 16.9. The Kier molecular flexibility index (Phi) is 5.60. The average molecular weight is 364 g/mol. The van der Waals surface area contributed by atoms with Crippen molar-refractivity contribution in [2.45, 2.75) is 39.3 Å². The van der Waals surface area contributed by atoms with Crippen LogP contribution in [0.4, 0.5) is 0 Å². The summed E-state index contributed by atoms with van der Waals surface area (Å²) in [5.41, 5.74) is 2.83. The van der Waals surface area contributed by atoms with Crippen LogP contribution in [0.1, 0.15) is 49.2 Å². The SMILES string of the molecule is CC(=O)NC(CC(=O)NC(C)c1cc2ccccc2o1)c1ccc(C)cc1. The van der Waals surface area contributed by atoms with Gasteiger partial charge >= 0.3 is 0 Å². The summed E-state index contributed by atoms with van der Waals surface area (Å²) < 4.78 is 5.81. The second-order valence-electron chi connectivity index (χ2n) is 6.84. The zero-order chi connectivity index (χ0) is 19.4. The van der Waals surface area contributed by atoms with Crippen LogP contribution < -0.4 is 10.6 Å². The number of hydrogen-bond donors (Lipinski definition) is 2. The molecular weight excluding hydrogens is 340 g/mol. The molecule has 0 saturated heterocycles. The Bertz CT molecular complexity index is 911. The lowest BCUT2D eigenvalue weighted by molar-refractivity contribution is -0.123.